The Morgan fingerprint density at radius 2 is 1.76 bits per heavy atom. The number of amides is 2. The number of hydrogen-bond donors (Lipinski definition) is 4. The highest BCUT2D eigenvalue weighted by molar-refractivity contribution is 7.89. The summed E-state index contributed by atoms with van der Waals surface area (Å²) < 4.78 is 59.6. The number of halogens is 3. The van der Waals surface area contributed by atoms with Crippen LogP contribution in [0.5, 0.6) is 0 Å². The molecule has 246 valence electrons. The molecular weight excluding hydrogens is 632 g/mol. The molecule has 3 aliphatic rings. The van der Waals surface area contributed by atoms with Crippen molar-refractivity contribution in [1.29, 1.82) is 0 Å². The van der Waals surface area contributed by atoms with Crippen LogP contribution in [-0.4, -0.2) is 92.1 Å². The molecule has 1 aromatic heterocycles. The average Bonchev–Trinajstić information content (AvgIpc) is 3.38. The maximum absolute atomic E-state index is 15.8. The summed E-state index contributed by atoms with van der Waals surface area (Å²) in [5, 5.41) is 11.7. The van der Waals surface area contributed by atoms with E-state index in [1.165, 1.54) is 27.4 Å². The van der Waals surface area contributed by atoms with Gasteiger partial charge in [-0.2, -0.15) is 4.31 Å². The van der Waals surface area contributed by atoms with Crippen LogP contribution in [0.2, 0.25) is 5.15 Å². The first-order chi connectivity index (χ1) is 21.3. The smallest absolute Gasteiger partial charge is 0.276 e. The summed E-state index contributed by atoms with van der Waals surface area (Å²) in [6, 6.07) is 6.98. The number of alkyl halides is 2. The van der Waals surface area contributed by atoms with Crippen LogP contribution in [0.3, 0.4) is 0 Å². The molecule has 2 saturated heterocycles. The Kier molecular flexibility index (Phi) is 9.96. The van der Waals surface area contributed by atoms with Gasteiger partial charge in [0.2, 0.25) is 21.8 Å². The van der Waals surface area contributed by atoms with E-state index in [4.69, 9.17) is 28.2 Å². The number of aliphatic hydroxyl groups is 1. The van der Waals surface area contributed by atoms with Crippen molar-refractivity contribution in [2.45, 2.75) is 61.0 Å². The molecule has 1 aromatic carbocycles. The highest BCUT2D eigenvalue weighted by Crippen LogP contribution is 2.45. The summed E-state index contributed by atoms with van der Waals surface area (Å²) in [5.74, 6) is -4.56. The number of anilines is 2. The van der Waals surface area contributed by atoms with Crippen molar-refractivity contribution >= 4 is 44.9 Å². The van der Waals surface area contributed by atoms with Crippen molar-refractivity contribution in [2.24, 2.45) is 17.4 Å². The van der Waals surface area contributed by atoms with Gasteiger partial charge in [-0.1, -0.05) is 11.6 Å². The molecule has 12 nitrogen and oxygen atoms in total. The molecule has 2 atom stereocenters. The average molecular weight is 670 g/mol. The molecule has 45 heavy (non-hydrogen) atoms. The second-order valence-corrected chi connectivity index (χ2v) is 14.2. The number of rotatable bonds is 9. The van der Waals surface area contributed by atoms with Gasteiger partial charge in [0.15, 0.2) is 0 Å². The lowest BCUT2D eigenvalue weighted by atomic mass is 9.80. The first-order valence-corrected chi connectivity index (χ1v) is 16.7. The van der Waals surface area contributed by atoms with Gasteiger partial charge in [-0.05, 0) is 62.1 Å². The minimum atomic E-state index is -3.84. The molecule has 0 radical (unpaired) electrons. The van der Waals surface area contributed by atoms with E-state index in [2.05, 4.69) is 10.3 Å². The largest absolute Gasteiger partial charge is 0.394 e. The fraction of sp³-hybridized carbons (Fsp3) is 0.552. The van der Waals surface area contributed by atoms with Crippen molar-refractivity contribution < 1.29 is 31.9 Å². The summed E-state index contributed by atoms with van der Waals surface area (Å²) in [4.78, 5) is 31.7. The van der Waals surface area contributed by atoms with E-state index in [1.54, 1.807) is 17.0 Å². The van der Waals surface area contributed by atoms with E-state index in [0.717, 1.165) is 6.07 Å². The number of aromatic nitrogens is 1. The van der Waals surface area contributed by atoms with Crippen molar-refractivity contribution in [2.75, 3.05) is 49.1 Å². The fourth-order valence-electron chi connectivity index (χ4n) is 6.15. The quantitative estimate of drug-likeness (QED) is 0.288. The van der Waals surface area contributed by atoms with Crippen molar-refractivity contribution in [1.82, 2.24) is 14.6 Å². The van der Waals surface area contributed by atoms with E-state index in [-0.39, 0.29) is 84.9 Å². The highest BCUT2D eigenvalue weighted by atomic mass is 35.5. The van der Waals surface area contributed by atoms with E-state index in [1.807, 2.05) is 0 Å². The van der Waals surface area contributed by atoms with Crippen LogP contribution in [0, 0.1) is 5.92 Å². The minimum absolute atomic E-state index is 0.0870. The van der Waals surface area contributed by atoms with Gasteiger partial charge in [0.05, 0.1) is 11.5 Å². The predicted molar refractivity (Wildman–Crippen MR) is 164 cm³/mol. The van der Waals surface area contributed by atoms with Gasteiger partial charge in [0.1, 0.15) is 17.0 Å². The maximum Gasteiger partial charge on any atom is 0.276 e. The number of benzene rings is 1. The monoisotopic (exact) mass is 669 g/mol. The molecule has 5 rings (SSSR count). The van der Waals surface area contributed by atoms with E-state index >= 15 is 8.78 Å². The molecule has 1 unspecified atom stereocenters. The van der Waals surface area contributed by atoms with Gasteiger partial charge < -0.3 is 31.7 Å². The molecule has 6 N–H and O–H groups in total. The third kappa shape index (κ3) is 7.23. The third-order valence-corrected chi connectivity index (χ3v) is 10.9. The summed E-state index contributed by atoms with van der Waals surface area (Å²) in [6.45, 7) is 0.536. The molecule has 3 heterocycles. The molecule has 16 heteroatoms. The summed E-state index contributed by atoms with van der Waals surface area (Å²) in [7, 11) is -3.84. The molecule has 1 saturated carbocycles. The van der Waals surface area contributed by atoms with E-state index in [9.17, 15) is 18.0 Å². The van der Waals surface area contributed by atoms with Crippen molar-refractivity contribution in [3.63, 3.8) is 0 Å². The normalized spacial score (nSPS) is 24.1. The number of hydrogen-bond acceptors (Lipinski definition) is 9. The Morgan fingerprint density at radius 3 is 2.33 bits per heavy atom. The lowest BCUT2D eigenvalue weighted by Gasteiger charge is -2.36. The number of nitrogens with zero attached hydrogens (tertiary/aromatic N) is 4. The van der Waals surface area contributed by atoms with Crippen LogP contribution >= 0.6 is 11.6 Å². The number of nitrogens with two attached hydrogens (primary N) is 2. The fourth-order valence-corrected chi connectivity index (χ4v) is 7.78. The van der Waals surface area contributed by atoms with Crippen LogP contribution in [0.25, 0.3) is 0 Å². The number of pyridine rings is 1. The number of aliphatic hydroxyl groups excluding tert-OH is 1. The van der Waals surface area contributed by atoms with Gasteiger partial charge >= 0.3 is 0 Å². The van der Waals surface area contributed by atoms with Crippen LogP contribution in [0.1, 0.15) is 37.7 Å². The van der Waals surface area contributed by atoms with Gasteiger partial charge in [-0.25, -0.2) is 22.2 Å². The zero-order valence-corrected chi connectivity index (χ0v) is 26.2. The molecule has 0 spiro atoms. The lowest BCUT2D eigenvalue weighted by Crippen LogP contribution is -2.49. The lowest BCUT2D eigenvalue weighted by molar-refractivity contribution is -0.124. The zero-order chi connectivity index (χ0) is 32.5. The Balaban J connectivity index is 1.21. The van der Waals surface area contributed by atoms with Gasteiger partial charge in [-0.3, -0.25) is 9.59 Å². The Labute approximate surface area is 265 Å². The predicted octanol–water partition coefficient (Wildman–Crippen LogP) is 1.40. The van der Waals surface area contributed by atoms with Gasteiger partial charge in [0.25, 0.3) is 5.92 Å². The van der Waals surface area contributed by atoms with Crippen LogP contribution in [-0.2, 0) is 25.5 Å². The topological polar surface area (TPSA) is 175 Å². The highest BCUT2D eigenvalue weighted by Gasteiger charge is 2.44. The molecule has 2 aromatic rings. The van der Waals surface area contributed by atoms with E-state index in [0.29, 0.717) is 25.1 Å². The summed E-state index contributed by atoms with van der Waals surface area (Å²) in [6.07, 6.45) is 1.27. The number of carbonyl (C=O) groups excluding carboxylic acids is 2. The van der Waals surface area contributed by atoms with Crippen LogP contribution in [0.4, 0.5) is 20.3 Å². The Morgan fingerprint density at radius 1 is 1.11 bits per heavy atom. The number of piperazine rings is 1. The first-order valence-electron chi connectivity index (χ1n) is 14.9. The van der Waals surface area contributed by atoms with Crippen LogP contribution < -0.4 is 26.6 Å². The summed E-state index contributed by atoms with van der Waals surface area (Å²) >= 11 is 6.21. The Bertz CT molecular complexity index is 1500. The molecule has 1 aliphatic carbocycles. The number of nitrogens with one attached hydrogen (secondary N) is 1. The van der Waals surface area contributed by atoms with Gasteiger partial charge in [0, 0.05) is 68.4 Å². The molecule has 2 aliphatic heterocycles. The SMILES string of the molecule is NC(CO)C(=O)NC1CCC(C(F)(F)c2cc(Cl)nc(N3CCN(S(=O)(=O)c4ccc(N5C[C@H](N)CC5=O)cc4)CC3)c2)CC1. The minimum Gasteiger partial charge on any atom is -0.394 e. The van der Waals surface area contributed by atoms with Crippen molar-refractivity contribution in [3.05, 3.63) is 47.1 Å². The zero-order valence-electron chi connectivity index (χ0n) is 24.6. The molecular formula is C29H38ClF2N7O5S. The first kappa shape index (κ1) is 33.4. The number of sulfonamides is 1. The maximum atomic E-state index is 15.8. The van der Waals surface area contributed by atoms with Gasteiger partial charge in [-0.15, -0.1) is 0 Å². The molecule has 0 bridgehead atoms. The summed E-state index contributed by atoms with van der Waals surface area (Å²) in [5.41, 5.74) is 11.7. The second-order valence-electron chi connectivity index (χ2n) is 11.9. The standard InChI is InChI=1S/C29H38ClF2N7O5S/c30-25-13-19(29(31,32)18-1-3-21(4-2-18)35-28(42)24(34)17-40)14-26(36-25)37-9-11-38(12-10-37)45(43,44)23-7-5-22(6-8-23)39-16-20(33)15-27(39)41/h5-8,13-14,18,20-21,24,40H,1-4,9-12,15-17,33-34H2,(H,35,42)/t18?,20-,21?,24?/m1/s1. The van der Waals surface area contributed by atoms with Crippen LogP contribution in [0.15, 0.2) is 41.3 Å². The third-order valence-electron chi connectivity index (χ3n) is 8.79. The molecule has 2 amide bonds. The number of carbonyl (C=O) groups is 2. The Hall–Kier alpha value is -2.95. The second kappa shape index (κ2) is 13.4. The van der Waals surface area contributed by atoms with Crippen molar-refractivity contribution in [3.8, 4) is 0 Å². The van der Waals surface area contributed by atoms with E-state index < -0.39 is 40.4 Å². The molecule has 3 fully saturated rings.